The Hall–Kier alpha value is -3.11. The van der Waals surface area contributed by atoms with Gasteiger partial charge in [-0.05, 0) is 56.9 Å². The maximum Gasteiger partial charge on any atom is 0.272 e. The van der Waals surface area contributed by atoms with Crippen LogP contribution in [0.3, 0.4) is 0 Å². The van der Waals surface area contributed by atoms with Crippen molar-refractivity contribution in [2.75, 3.05) is 57.2 Å². The van der Waals surface area contributed by atoms with Gasteiger partial charge in [0.25, 0.3) is 5.69 Å². The van der Waals surface area contributed by atoms with Crippen LogP contribution in [0.1, 0.15) is 31.2 Å². The number of nitrogens with zero attached hydrogens (tertiary/aromatic N) is 3. The van der Waals surface area contributed by atoms with Gasteiger partial charge in [0, 0.05) is 61.3 Å². The van der Waals surface area contributed by atoms with Crippen LogP contribution >= 0.6 is 12.2 Å². The molecule has 0 spiro atoms. The molecule has 1 N–H and O–H groups in total. The average molecular weight is 529 g/mol. The molecule has 0 amide bonds. The number of piperazine rings is 1. The van der Waals surface area contributed by atoms with Gasteiger partial charge in [-0.3, -0.25) is 10.1 Å². The van der Waals surface area contributed by atoms with E-state index in [0.717, 1.165) is 79.7 Å². The first-order valence-corrected chi connectivity index (χ1v) is 13.2. The standard InChI is InChI=1S/C27H36N4O5S/c1-19-16-21(6-10-24(19)31(32)33)28-20-4-8-23(9-5-20)36-18-27(37)30-14-12-29(13-15-30)22-7-11-25(34-2)26(17-22)35-3/h6-7,10-11,16-17,20,23,28H,4-5,8-9,12-15,18H2,1-3H3. The van der Waals surface area contributed by atoms with Gasteiger partial charge in [-0.2, -0.15) is 0 Å². The van der Waals surface area contributed by atoms with Crippen molar-refractivity contribution in [2.24, 2.45) is 0 Å². The zero-order valence-electron chi connectivity index (χ0n) is 21.8. The third-order valence-electron chi connectivity index (χ3n) is 7.25. The molecule has 0 unspecified atom stereocenters. The van der Waals surface area contributed by atoms with Crippen molar-refractivity contribution in [2.45, 2.75) is 44.8 Å². The molecule has 0 atom stereocenters. The second-order valence-corrected chi connectivity index (χ2v) is 10.1. The van der Waals surface area contributed by atoms with Gasteiger partial charge in [-0.25, -0.2) is 0 Å². The van der Waals surface area contributed by atoms with E-state index in [-0.39, 0.29) is 16.7 Å². The summed E-state index contributed by atoms with van der Waals surface area (Å²) in [5.74, 6) is 1.47. The largest absolute Gasteiger partial charge is 0.493 e. The van der Waals surface area contributed by atoms with E-state index in [1.165, 1.54) is 0 Å². The third kappa shape index (κ3) is 6.81. The van der Waals surface area contributed by atoms with Crippen LogP contribution in [-0.2, 0) is 4.74 Å². The van der Waals surface area contributed by atoms with Gasteiger partial charge in [0.05, 0.1) is 31.9 Å². The minimum Gasteiger partial charge on any atom is -0.493 e. The van der Waals surface area contributed by atoms with Crippen molar-refractivity contribution >= 4 is 34.3 Å². The Balaban J connectivity index is 1.17. The number of nitro benzene ring substituents is 1. The second-order valence-electron chi connectivity index (χ2n) is 9.59. The van der Waals surface area contributed by atoms with Crippen molar-refractivity contribution in [3.63, 3.8) is 0 Å². The van der Waals surface area contributed by atoms with Gasteiger partial charge in [0.15, 0.2) is 11.5 Å². The monoisotopic (exact) mass is 528 g/mol. The Labute approximate surface area is 223 Å². The molecule has 2 aromatic carbocycles. The Morgan fingerprint density at radius 2 is 1.73 bits per heavy atom. The molecule has 1 heterocycles. The molecule has 1 aliphatic carbocycles. The SMILES string of the molecule is COc1ccc(N2CCN(C(=S)COC3CCC(Nc4ccc([N+](=O)[O-])c(C)c4)CC3)CC2)cc1OC. The van der Waals surface area contributed by atoms with Crippen molar-refractivity contribution < 1.29 is 19.1 Å². The number of hydrogen-bond acceptors (Lipinski definition) is 8. The topological polar surface area (TPSA) is 89.3 Å². The third-order valence-corrected chi connectivity index (χ3v) is 7.62. The lowest BCUT2D eigenvalue weighted by Gasteiger charge is -2.38. The summed E-state index contributed by atoms with van der Waals surface area (Å²) in [7, 11) is 3.30. The van der Waals surface area contributed by atoms with Crippen molar-refractivity contribution in [1.82, 2.24) is 4.90 Å². The molecule has 1 saturated heterocycles. The minimum absolute atomic E-state index is 0.154. The van der Waals surface area contributed by atoms with E-state index in [1.54, 1.807) is 33.3 Å². The molecule has 1 saturated carbocycles. The molecule has 200 valence electrons. The quantitative estimate of drug-likeness (QED) is 0.280. The van der Waals surface area contributed by atoms with Gasteiger partial charge < -0.3 is 29.3 Å². The first-order valence-electron chi connectivity index (χ1n) is 12.8. The lowest BCUT2D eigenvalue weighted by Crippen LogP contribution is -2.49. The van der Waals surface area contributed by atoms with Gasteiger partial charge >= 0.3 is 0 Å². The fraction of sp³-hybridized carbons (Fsp3) is 0.519. The molecule has 37 heavy (non-hydrogen) atoms. The molecule has 2 aromatic rings. The summed E-state index contributed by atoms with van der Waals surface area (Å²) in [6.07, 6.45) is 4.15. The Morgan fingerprint density at radius 3 is 2.35 bits per heavy atom. The normalized spacial score (nSPS) is 19.9. The van der Waals surface area contributed by atoms with Gasteiger partial charge in [-0.1, -0.05) is 12.2 Å². The number of nitro groups is 1. The number of aryl methyl sites for hydroxylation is 1. The highest BCUT2D eigenvalue weighted by atomic mass is 32.1. The molecule has 2 aliphatic rings. The zero-order valence-corrected chi connectivity index (χ0v) is 22.6. The summed E-state index contributed by atoms with van der Waals surface area (Å²) in [5.41, 5.74) is 2.88. The van der Waals surface area contributed by atoms with Gasteiger partial charge in [0.1, 0.15) is 4.99 Å². The number of nitrogens with one attached hydrogen (secondary N) is 1. The highest BCUT2D eigenvalue weighted by Crippen LogP contribution is 2.32. The molecule has 2 fully saturated rings. The Bertz CT molecular complexity index is 1100. The summed E-state index contributed by atoms with van der Waals surface area (Å²) in [5, 5.41) is 14.6. The molecular weight excluding hydrogens is 492 g/mol. The molecule has 0 aromatic heterocycles. The summed E-state index contributed by atoms with van der Waals surface area (Å²) < 4.78 is 17.0. The number of benzene rings is 2. The maximum atomic E-state index is 11.0. The molecule has 0 bridgehead atoms. The van der Waals surface area contributed by atoms with Crippen LogP contribution < -0.4 is 19.7 Å². The van der Waals surface area contributed by atoms with Crippen molar-refractivity contribution in [3.8, 4) is 11.5 Å². The number of anilines is 2. The van der Waals surface area contributed by atoms with E-state index in [1.807, 2.05) is 18.2 Å². The second kappa shape index (κ2) is 12.4. The first kappa shape index (κ1) is 26.9. The van der Waals surface area contributed by atoms with E-state index in [4.69, 9.17) is 26.4 Å². The van der Waals surface area contributed by atoms with Gasteiger partial charge in [-0.15, -0.1) is 0 Å². The van der Waals surface area contributed by atoms with Crippen LogP contribution in [-0.4, -0.2) is 74.0 Å². The number of hydrogen-bond donors (Lipinski definition) is 1. The zero-order chi connectivity index (χ0) is 26.4. The molecule has 0 radical (unpaired) electrons. The van der Waals surface area contributed by atoms with E-state index >= 15 is 0 Å². The van der Waals surface area contributed by atoms with E-state index in [2.05, 4.69) is 21.2 Å². The number of thiocarbonyl (C=S) groups is 1. The summed E-state index contributed by atoms with van der Waals surface area (Å²) in [4.78, 5) is 16.1. The summed E-state index contributed by atoms with van der Waals surface area (Å²) in [6, 6.07) is 11.6. The van der Waals surface area contributed by atoms with Crippen LogP contribution in [0.4, 0.5) is 17.1 Å². The fourth-order valence-electron chi connectivity index (χ4n) is 5.08. The lowest BCUT2D eigenvalue weighted by atomic mass is 9.92. The van der Waals surface area contributed by atoms with Crippen molar-refractivity contribution in [1.29, 1.82) is 0 Å². The maximum absolute atomic E-state index is 11.0. The van der Waals surface area contributed by atoms with E-state index in [9.17, 15) is 10.1 Å². The predicted molar refractivity (Wildman–Crippen MR) is 149 cm³/mol. The summed E-state index contributed by atoms with van der Waals surface area (Å²) >= 11 is 5.71. The van der Waals surface area contributed by atoms with Crippen LogP contribution in [0.5, 0.6) is 11.5 Å². The smallest absolute Gasteiger partial charge is 0.272 e. The fourth-order valence-corrected chi connectivity index (χ4v) is 5.33. The van der Waals surface area contributed by atoms with Crippen LogP contribution in [0, 0.1) is 17.0 Å². The molecule has 1 aliphatic heterocycles. The van der Waals surface area contributed by atoms with E-state index < -0.39 is 0 Å². The van der Waals surface area contributed by atoms with Gasteiger partial charge in [0.2, 0.25) is 0 Å². The lowest BCUT2D eigenvalue weighted by molar-refractivity contribution is -0.385. The number of ether oxygens (including phenoxy) is 3. The van der Waals surface area contributed by atoms with E-state index in [0.29, 0.717) is 18.2 Å². The first-order chi connectivity index (χ1) is 17.9. The highest BCUT2D eigenvalue weighted by molar-refractivity contribution is 7.80. The highest BCUT2D eigenvalue weighted by Gasteiger charge is 2.24. The molecule has 10 heteroatoms. The number of rotatable bonds is 9. The van der Waals surface area contributed by atoms with Crippen LogP contribution in [0.15, 0.2) is 36.4 Å². The van der Waals surface area contributed by atoms with Crippen LogP contribution in [0.25, 0.3) is 0 Å². The molecule has 4 rings (SSSR count). The number of methoxy groups -OCH3 is 2. The van der Waals surface area contributed by atoms with Crippen LogP contribution in [0.2, 0.25) is 0 Å². The Kier molecular flexibility index (Phi) is 9.04. The molecular formula is C27H36N4O5S. The average Bonchev–Trinajstić information content (AvgIpc) is 2.92. The predicted octanol–water partition coefficient (Wildman–Crippen LogP) is 4.81. The Morgan fingerprint density at radius 1 is 1.03 bits per heavy atom. The van der Waals surface area contributed by atoms with Crippen molar-refractivity contribution in [3.05, 3.63) is 52.1 Å². The minimum atomic E-state index is -0.343. The molecule has 9 nitrogen and oxygen atoms in total. The summed E-state index contributed by atoms with van der Waals surface area (Å²) in [6.45, 7) is 5.75.